The average molecular weight is 809 g/mol. The molecule has 1 unspecified atom stereocenters. The Morgan fingerprint density at radius 3 is 2.41 bits per heavy atom. The molecular formula is C42H53FN12O4. The van der Waals surface area contributed by atoms with E-state index in [-0.39, 0.29) is 49.2 Å². The van der Waals surface area contributed by atoms with E-state index in [1.165, 1.54) is 4.90 Å². The van der Waals surface area contributed by atoms with E-state index in [1.54, 1.807) is 25.4 Å². The van der Waals surface area contributed by atoms with Gasteiger partial charge in [-0.3, -0.25) is 34.2 Å². The zero-order valence-corrected chi connectivity index (χ0v) is 34.1. The van der Waals surface area contributed by atoms with Crippen LogP contribution in [0.25, 0.3) is 10.9 Å². The van der Waals surface area contributed by atoms with E-state index in [2.05, 4.69) is 59.8 Å². The highest BCUT2D eigenvalue weighted by molar-refractivity contribution is 6.05. The van der Waals surface area contributed by atoms with Crippen molar-refractivity contribution in [2.24, 2.45) is 0 Å². The number of nitrogens with one attached hydrogen (secondary N) is 2. The monoisotopic (exact) mass is 808 g/mol. The van der Waals surface area contributed by atoms with Gasteiger partial charge in [-0.1, -0.05) is 6.07 Å². The summed E-state index contributed by atoms with van der Waals surface area (Å²) in [5.41, 5.74) is 2.23. The number of nitrogens with zero attached hydrogens (tertiary/aromatic N) is 10. The number of anilines is 4. The summed E-state index contributed by atoms with van der Waals surface area (Å²) in [6.07, 6.45) is 8.38. The first-order valence-electron chi connectivity index (χ1n) is 21.1. The Morgan fingerprint density at radius 2 is 1.68 bits per heavy atom. The number of aromatic nitrogens is 5. The smallest absolute Gasteiger partial charge is 0.255 e. The van der Waals surface area contributed by atoms with Gasteiger partial charge in [-0.05, 0) is 58.1 Å². The molecule has 0 saturated carbocycles. The first-order chi connectivity index (χ1) is 28.6. The third-order valence-corrected chi connectivity index (χ3v) is 12.8. The molecule has 17 heteroatoms. The average Bonchev–Trinajstić information content (AvgIpc) is 3.80. The van der Waals surface area contributed by atoms with Gasteiger partial charge in [-0.2, -0.15) is 10.1 Å². The number of halogens is 1. The second-order valence-electron chi connectivity index (χ2n) is 16.7. The summed E-state index contributed by atoms with van der Waals surface area (Å²) in [7, 11) is 1.77. The standard InChI is InChI=1S/C42H53FN12O4/c1-26(2)55-34-22-36(46-35-8-13-44-42(47-35)53-16-11-29(59-3)12-17-53)45-23-31(34)39(49-55)52-14-9-28(10-15-52)51-20-18-50(19-21-51)24-27-4-5-30-32(38(27)43)25-54(41(30)58)33-6-7-37(56)48-40(33)57/h4-5,8,13,22-23,26,28-29,33H,6-7,9-12,14-21,24-25H2,1-3H3,(H,48,56,57)(H,44,45,46,47). The highest BCUT2D eigenvalue weighted by Gasteiger charge is 2.41. The number of benzene rings is 1. The molecule has 5 aliphatic heterocycles. The summed E-state index contributed by atoms with van der Waals surface area (Å²) in [5.74, 6) is 1.51. The maximum atomic E-state index is 15.9. The minimum atomic E-state index is -0.763. The number of piperazine rings is 1. The molecule has 4 saturated heterocycles. The summed E-state index contributed by atoms with van der Waals surface area (Å²) in [5, 5.41) is 11.9. The number of carbonyl (C=O) groups excluding carboxylic acids is 3. The topological polar surface area (TPSA) is 157 Å². The van der Waals surface area contributed by atoms with Crippen LogP contribution in [0.3, 0.4) is 0 Å². The van der Waals surface area contributed by atoms with Crippen LogP contribution in [-0.2, 0) is 27.4 Å². The lowest BCUT2D eigenvalue weighted by Crippen LogP contribution is -2.53. The summed E-state index contributed by atoms with van der Waals surface area (Å²) in [6.45, 7) is 11.8. The molecule has 0 aliphatic carbocycles. The largest absolute Gasteiger partial charge is 0.381 e. The molecule has 0 radical (unpaired) electrons. The third-order valence-electron chi connectivity index (χ3n) is 12.8. The van der Waals surface area contributed by atoms with Crippen LogP contribution in [-0.4, -0.2) is 135 Å². The number of ether oxygens (including phenoxy) is 1. The van der Waals surface area contributed by atoms with E-state index in [1.807, 2.05) is 12.3 Å². The zero-order chi connectivity index (χ0) is 40.8. The number of methoxy groups -OCH3 is 1. The van der Waals surface area contributed by atoms with Crippen LogP contribution in [0.5, 0.6) is 0 Å². The van der Waals surface area contributed by atoms with Crippen LogP contribution in [0.15, 0.2) is 36.7 Å². The van der Waals surface area contributed by atoms with Crippen LogP contribution < -0.4 is 20.4 Å². The third kappa shape index (κ3) is 7.82. The lowest BCUT2D eigenvalue weighted by molar-refractivity contribution is -0.136. The molecule has 4 fully saturated rings. The van der Waals surface area contributed by atoms with Gasteiger partial charge in [0.15, 0.2) is 5.82 Å². The number of imide groups is 1. The van der Waals surface area contributed by atoms with Crippen molar-refractivity contribution in [2.45, 2.75) is 89.7 Å². The van der Waals surface area contributed by atoms with Crippen molar-refractivity contribution >= 4 is 52.0 Å². The van der Waals surface area contributed by atoms with Crippen molar-refractivity contribution in [2.75, 3.05) is 74.6 Å². The number of pyridine rings is 1. The Bertz CT molecular complexity index is 2230. The zero-order valence-electron chi connectivity index (χ0n) is 34.1. The summed E-state index contributed by atoms with van der Waals surface area (Å²) < 4.78 is 23.5. The predicted octanol–water partition coefficient (Wildman–Crippen LogP) is 3.85. The second-order valence-corrected chi connectivity index (χ2v) is 16.7. The highest BCUT2D eigenvalue weighted by Crippen LogP contribution is 2.34. The van der Waals surface area contributed by atoms with E-state index in [9.17, 15) is 14.4 Å². The molecule has 5 aliphatic rings. The normalized spacial score (nSPS) is 21.5. The van der Waals surface area contributed by atoms with Crippen LogP contribution in [0.2, 0.25) is 0 Å². The minimum absolute atomic E-state index is 0.0372. The number of fused-ring (bicyclic) bond motifs is 2. The molecule has 4 aromatic rings. The van der Waals surface area contributed by atoms with Crippen LogP contribution in [0.4, 0.5) is 27.8 Å². The van der Waals surface area contributed by atoms with E-state index in [0.717, 1.165) is 94.8 Å². The second kappa shape index (κ2) is 16.4. The number of hydrogen-bond acceptors (Lipinski definition) is 13. The summed E-state index contributed by atoms with van der Waals surface area (Å²) >= 11 is 0. The van der Waals surface area contributed by atoms with E-state index < -0.39 is 11.9 Å². The van der Waals surface area contributed by atoms with E-state index in [4.69, 9.17) is 19.8 Å². The van der Waals surface area contributed by atoms with Gasteiger partial charge in [-0.15, -0.1) is 0 Å². The van der Waals surface area contributed by atoms with Crippen LogP contribution >= 0.6 is 0 Å². The highest BCUT2D eigenvalue weighted by atomic mass is 19.1. The molecule has 8 heterocycles. The van der Waals surface area contributed by atoms with Gasteiger partial charge in [0.2, 0.25) is 17.8 Å². The predicted molar refractivity (Wildman–Crippen MR) is 220 cm³/mol. The number of rotatable bonds is 10. The molecule has 1 atom stereocenters. The molecule has 3 amide bonds. The number of piperidine rings is 3. The van der Waals surface area contributed by atoms with Gasteiger partial charge in [-0.25, -0.2) is 14.4 Å². The fourth-order valence-electron chi connectivity index (χ4n) is 9.45. The summed E-state index contributed by atoms with van der Waals surface area (Å²) in [6, 6.07) is 7.19. The Kier molecular flexibility index (Phi) is 10.9. The van der Waals surface area contributed by atoms with Crippen LogP contribution in [0, 0.1) is 5.82 Å². The molecule has 3 aromatic heterocycles. The maximum absolute atomic E-state index is 15.9. The molecular weight excluding hydrogens is 756 g/mol. The van der Waals surface area contributed by atoms with E-state index >= 15 is 4.39 Å². The van der Waals surface area contributed by atoms with Gasteiger partial charge in [0.05, 0.1) is 23.6 Å². The first-order valence-corrected chi connectivity index (χ1v) is 21.1. The van der Waals surface area contributed by atoms with Crippen molar-refractivity contribution in [1.29, 1.82) is 0 Å². The Balaban J connectivity index is 0.794. The minimum Gasteiger partial charge on any atom is -0.381 e. The molecule has 0 bridgehead atoms. The van der Waals surface area contributed by atoms with Gasteiger partial charge in [0.25, 0.3) is 5.91 Å². The maximum Gasteiger partial charge on any atom is 0.255 e. The molecule has 0 spiro atoms. The first kappa shape index (κ1) is 39.2. The van der Waals surface area contributed by atoms with Crippen molar-refractivity contribution in [1.82, 2.24) is 44.7 Å². The van der Waals surface area contributed by atoms with E-state index in [0.29, 0.717) is 46.9 Å². The van der Waals surface area contributed by atoms with Crippen molar-refractivity contribution in [3.8, 4) is 0 Å². The molecule has 9 rings (SSSR count). The molecule has 2 N–H and O–H groups in total. The van der Waals surface area contributed by atoms with Crippen molar-refractivity contribution in [3.05, 3.63) is 59.2 Å². The SMILES string of the molecule is COC1CCN(c2nccc(Nc3cc4c(cn3)c(N3CCC(N5CCN(Cc6ccc7c(c6F)CN(C6CCC(=O)NC6=O)C7=O)CC5)CC3)nn4C(C)C)n2)CC1. The van der Waals surface area contributed by atoms with Crippen molar-refractivity contribution < 1.29 is 23.5 Å². The van der Waals surface area contributed by atoms with Crippen LogP contribution in [0.1, 0.15) is 79.9 Å². The fraction of sp³-hybridized carbons (Fsp3) is 0.548. The van der Waals surface area contributed by atoms with Gasteiger partial charge < -0.3 is 24.8 Å². The molecule has 59 heavy (non-hydrogen) atoms. The number of hydrogen-bond donors (Lipinski definition) is 2. The molecule has 1 aromatic carbocycles. The van der Waals surface area contributed by atoms with Gasteiger partial charge >= 0.3 is 0 Å². The Morgan fingerprint density at radius 1 is 0.915 bits per heavy atom. The van der Waals surface area contributed by atoms with Crippen molar-refractivity contribution in [3.63, 3.8) is 0 Å². The fourth-order valence-corrected chi connectivity index (χ4v) is 9.45. The quantitative estimate of drug-likeness (QED) is 0.223. The number of carbonyl (C=O) groups is 3. The summed E-state index contributed by atoms with van der Waals surface area (Å²) in [4.78, 5) is 62.2. The van der Waals surface area contributed by atoms with Gasteiger partial charge in [0.1, 0.15) is 23.5 Å². The molecule has 16 nitrogen and oxygen atoms in total. The lowest BCUT2D eigenvalue weighted by Gasteiger charge is -2.43. The Hall–Kier alpha value is -5.26. The lowest BCUT2D eigenvalue weighted by atomic mass is 10.0. The number of amides is 3. The Labute approximate surface area is 343 Å². The van der Waals surface area contributed by atoms with Gasteiger partial charge in [0, 0.05) is 120 Å². The molecule has 312 valence electrons.